The Morgan fingerprint density at radius 1 is 1.05 bits per heavy atom. The number of nitriles is 1. The molecule has 39 heavy (non-hydrogen) atoms. The SMILES string of the molecule is N#Cc1cccc(-c2ccc(CCN(CC(=O)Nc3cc(Cl)cc(Cl)c3)C(=O)CCN3CC[C@H](O)C3)cc2)c1. The maximum atomic E-state index is 13.2. The van der Waals surface area contributed by atoms with E-state index < -0.39 is 0 Å². The van der Waals surface area contributed by atoms with E-state index in [1.807, 2.05) is 42.5 Å². The van der Waals surface area contributed by atoms with Gasteiger partial charge in [0.05, 0.1) is 24.3 Å². The average Bonchev–Trinajstić information content (AvgIpc) is 3.34. The lowest BCUT2D eigenvalue weighted by Gasteiger charge is -2.24. The van der Waals surface area contributed by atoms with Crippen LogP contribution in [0.15, 0.2) is 66.7 Å². The van der Waals surface area contributed by atoms with E-state index in [1.165, 1.54) is 0 Å². The van der Waals surface area contributed by atoms with Gasteiger partial charge >= 0.3 is 0 Å². The molecule has 3 aromatic carbocycles. The summed E-state index contributed by atoms with van der Waals surface area (Å²) in [5, 5.41) is 22.5. The van der Waals surface area contributed by atoms with Crippen LogP contribution in [0.5, 0.6) is 0 Å². The zero-order valence-electron chi connectivity index (χ0n) is 21.4. The first-order chi connectivity index (χ1) is 18.8. The van der Waals surface area contributed by atoms with Gasteiger partial charge in [0.1, 0.15) is 0 Å². The molecule has 0 aromatic heterocycles. The Morgan fingerprint density at radius 2 is 1.79 bits per heavy atom. The molecule has 1 aliphatic heterocycles. The van der Waals surface area contributed by atoms with Crippen LogP contribution in [-0.2, 0) is 16.0 Å². The molecule has 202 valence electrons. The first kappa shape index (κ1) is 28.6. The number of hydrogen-bond acceptors (Lipinski definition) is 5. The summed E-state index contributed by atoms with van der Waals surface area (Å²) in [5.74, 6) is -0.466. The van der Waals surface area contributed by atoms with Crippen LogP contribution in [0.3, 0.4) is 0 Å². The molecule has 3 aromatic rings. The number of carbonyl (C=O) groups is 2. The number of aliphatic hydroxyl groups excluding tert-OH is 1. The molecular formula is C30H30Cl2N4O3. The highest BCUT2D eigenvalue weighted by Gasteiger charge is 2.23. The van der Waals surface area contributed by atoms with Gasteiger partial charge in [-0.1, -0.05) is 59.6 Å². The number of amides is 2. The van der Waals surface area contributed by atoms with Crippen LogP contribution in [0.2, 0.25) is 10.0 Å². The first-order valence-electron chi connectivity index (χ1n) is 12.8. The molecule has 1 atom stereocenters. The van der Waals surface area contributed by atoms with Crippen LogP contribution in [0.4, 0.5) is 5.69 Å². The van der Waals surface area contributed by atoms with Gasteiger partial charge in [-0.2, -0.15) is 5.26 Å². The highest BCUT2D eigenvalue weighted by molar-refractivity contribution is 6.35. The third-order valence-corrected chi connectivity index (χ3v) is 7.11. The Kier molecular flexibility index (Phi) is 9.96. The second-order valence-corrected chi connectivity index (χ2v) is 10.5. The Balaban J connectivity index is 1.40. The van der Waals surface area contributed by atoms with Crippen molar-refractivity contribution in [3.8, 4) is 17.2 Å². The largest absolute Gasteiger partial charge is 0.392 e. The van der Waals surface area contributed by atoms with Gasteiger partial charge in [-0.25, -0.2) is 0 Å². The summed E-state index contributed by atoms with van der Waals surface area (Å²) in [6.07, 6.45) is 1.19. The standard InChI is InChI=1S/C30H30Cl2N4O3/c31-25-15-26(32)17-27(16-25)34-29(38)20-36(30(39)10-12-35-11-9-28(37)19-35)13-8-21-4-6-23(7-5-21)24-3-1-2-22(14-24)18-33/h1-7,14-17,28,37H,8-13,19-20H2,(H,34,38)/t28-/m0/s1. The number of β-amino-alcohol motifs (C(OH)–C–C–N with tert-alkyl or cyclic N) is 1. The fraction of sp³-hybridized carbons (Fsp3) is 0.300. The number of hydrogen-bond donors (Lipinski definition) is 2. The number of likely N-dealkylation sites (tertiary alicyclic amines) is 1. The van der Waals surface area contributed by atoms with E-state index in [4.69, 9.17) is 28.5 Å². The Labute approximate surface area is 238 Å². The summed E-state index contributed by atoms with van der Waals surface area (Å²) in [6, 6.07) is 22.4. The summed E-state index contributed by atoms with van der Waals surface area (Å²) in [6.45, 7) is 2.12. The average molecular weight is 566 g/mol. The second-order valence-electron chi connectivity index (χ2n) is 9.65. The van der Waals surface area contributed by atoms with E-state index in [2.05, 4.69) is 16.3 Å². The molecule has 9 heteroatoms. The van der Waals surface area contributed by atoms with Gasteiger partial charge in [-0.15, -0.1) is 0 Å². The lowest BCUT2D eigenvalue weighted by Crippen LogP contribution is -2.40. The molecule has 1 heterocycles. The number of anilines is 1. The predicted molar refractivity (Wildman–Crippen MR) is 154 cm³/mol. The van der Waals surface area contributed by atoms with Gasteiger partial charge in [-0.3, -0.25) is 9.59 Å². The van der Waals surface area contributed by atoms with Crippen molar-refractivity contribution in [3.05, 3.63) is 87.9 Å². The molecule has 4 rings (SSSR count). The van der Waals surface area contributed by atoms with Gasteiger partial charge < -0.3 is 20.2 Å². The smallest absolute Gasteiger partial charge is 0.243 e. The van der Waals surface area contributed by atoms with Gasteiger partial charge in [0, 0.05) is 48.3 Å². The Bertz CT molecular complexity index is 1340. The van der Waals surface area contributed by atoms with Crippen molar-refractivity contribution in [2.24, 2.45) is 0 Å². The van der Waals surface area contributed by atoms with Gasteiger partial charge in [0.2, 0.25) is 11.8 Å². The van der Waals surface area contributed by atoms with E-state index in [1.54, 1.807) is 29.2 Å². The van der Waals surface area contributed by atoms with E-state index in [0.29, 0.717) is 53.8 Å². The third kappa shape index (κ3) is 8.54. The summed E-state index contributed by atoms with van der Waals surface area (Å²) < 4.78 is 0. The van der Waals surface area contributed by atoms with Crippen LogP contribution in [0, 0.1) is 11.3 Å². The molecule has 0 aliphatic carbocycles. The Morgan fingerprint density at radius 3 is 2.46 bits per heavy atom. The molecular weight excluding hydrogens is 535 g/mol. The van der Waals surface area contributed by atoms with Crippen LogP contribution in [0.1, 0.15) is 24.0 Å². The van der Waals surface area contributed by atoms with Crippen molar-refractivity contribution in [2.45, 2.75) is 25.4 Å². The molecule has 0 saturated carbocycles. The summed E-state index contributed by atoms with van der Waals surface area (Å²) in [4.78, 5) is 29.7. The van der Waals surface area contributed by atoms with Crippen molar-refractivity contribution in [3.63, 3.8) is 0 Å². The zero-order chi connectivity index (χ0) is 27.8. The highest BCUT2D eigenvalue weighted by atomic mass is 35.5. The van der Waals surface area contributed by atoms with Gasteiger partial charge in [0.25, 0.3) is 0 Å². The molecule has 0 radical (unpaired) electrons. The number of halogens is 2. The van der Waals surface area contributed by atoms with Crippen LogP contribution in [-0.4, -0.2) is 65.5 Å². The molecule has 1 aliphatic rings. The fourth-order valence-corrected chi connectivity index (χ4v) is 5.14. The van der Waals surface area contributed by atoms with Gasteiger partial charge in [0.15, 0.2) is 0 Å². The molecule has 2 N–H and O–H groups in total. The number of nitrogens with one attached hydrogen (secondary N) is 1. The number of carbonyl (C=O) groups excluding carboxylic acids is 2. The number of nitrogens with zero attached hydrogens (tertiary/aromatic N) is 3. The molecule has 1 saturated heterocycles. The van der Waals surface area contributed by atoms with Crippen molar-refractivity contribution in [2.75, 3.05) is 38.0 Å². The molecule has 0 unspecified atom stereocenters. The minimum Gasteiger partial charge on any atom is -0.392 e. The topological polar surface area (TPSA) is 96.7 Å². The number of benzene rings is 3. The highest BCUT2D eigenvalue weighted by Crippen LogP contribution is 2.23. The van der Waals surface area contributed by atoms with Gasteiger partial charge in [-0.05, 0) is 59.9 Å². The molecule has 0 spiro atoms. The lowest BCUT2D eigenvalue weighted by atomic mass is 10.0. The maximum absolute atomic E-state index is 13.2. The van der Waals surface area contributed by atoms with E-state index in [0.717, 1.165) is 23.2 Å². The van der Waals surface area contributed by atoms with E-state index in [9.17, 15) is 14.7 Å². The maximum Gasteiger partial charge on any atom is 0.243 e. The van der Waals surface area contributed by atoms with Crippen molar-refractivity contribution < 1.29 is 14.7 Å². The van der Waals surface area contributed by atoms with Crippen molar-refractivity contribution in [1.82, 2.24) is 9.80 Å². The lowest BCUT2D eigenvalue weighted by molar-refractivity contribution is -0.135. The quantitative estimate of drug-likeness (QED) is 0.361. The molecule has 2 amide bonds. The number of rotatable bonds is 10. The predicted octanol–water partition coefficient (Wildman–Crippen LogP) is 5.00. The second kappa shape index (κ2) is 13.6. The Hall–Kier alpha value is -3.41. The molecule has 1 fully saturated rings. The minimum absolute atomic E-state index is 0.107. The van der Waals surface area contributed by atoms with Crippen molar-refractivity contribution >= 4 is 40.7 Å². The summed E-state index contributed by atoms with van der Waals surface area (Å²) in [7, 11) is 0. The summed E-state index contributed by atoms with van der Waals surface area (Å²) in [5.41, 5.74) is 4.05. The van der Waals surface area contributed by atoms with E-state index in [-0.39, 0.29) is 30.9 Å². The van der Waals surface area contributed by atoms with Crippen LogP contribution < -0.4 is 5.32 Å². The normalized spacial score (nSPS) is 15.1. The number of aliphatic hydroxyl groups is 1. The van der Waals surface area contributed by atoms with E-state index >= 15 is 0 Å². The van der Waals surface area contributed by atoms with Crippen LogP contribution >= 0.6 is 23.2 Å². The fourth-order valence-electron chi connectivity index (χ4n) is 4.62. The molecule has 7 nitrogen and oxygen atoms in total. The van der Waals surface area contributed by atoms with Crippen LogP contribution in [0.25, 0.3) is 11.1 Å². The summed E-state index contributed by atoms with van der Waals surface area (Å²) >= 11 is 12.1. The molecule has 0 bridgehead atoms. The minimum atomic E-state index is -0.350. The third-order valence-electron chi connectivity index (χ3n) is 6.67. The zero-order valence-corrected chi connectivity index (χ0v) is 23.0. The monoisotopic (exact) mass is 564 g/mol. The first-order valence-corrected chi connectivity index (χ1v) is 13.6. The van der Waals surface area contributed by atoms with Crippen molar-refractivity contribution in [1.29, 1.82) is 5.26 Å².